The lowest BCUT2D eigenvalue weighted by Gasteiger charge is -2.25. The van der Waals surface area contributed by atoms with Gasteiger partial charge in [-0.15, -0.1) is 0 Å². The van der Waals surface area contributed by atoms with E-state index in [-0.39, 0.29) is 12.2 Å². The van der Waals surface area contributed by atoms with E-state index in [9.17, 15) is 19.8 Å². The van der Waals surface area contributed by atoms with Crippen LogP contribution in [0, 0.1) is 0 Å². The van der Waals surface area contributed by atoms with E-state index in [1.165, 1.54) is 31.2 Å². The van der Waals surface area contributed by atoms with Crippen molar-refractivity contribution in [1.82, 2.24) is 0 Å². The summed E-state index contributed by atoms with van der Waals surface area (Å²) in [6.45, 7) is 0.870. The van der Waals surface area contributed by atoms with E-state index in [0.29, 0.717) is 15.6 Å². The van der Waals surface area contributed by atoms with Crippen LogP contribution in [0.4, 0.5) is 0 Å². The Morgan fingerprint density at radius 1 is 1.14 bits per heavy atom. The van der Waals surface area contributed by atoms with E-state index in [1.807, 2.05) is 0 Å². The van der Waals surface area contributed by atoms with Crippen LogP contribution in [-0.4, -0.2) is 46.6 Å². The molecule has 29 heavy (non-hydrogen) atoms. The Morgan fingerprint density at radius 2 is 1.69 bits per heavy atom. The van der Waals surface area contributed by atoms with Gasteiger partial charge < -0.3 is 24.4 Å². The SMILES string of the molecule is C[C@@]1(O)C(=O)O[C@H](COC(O)c2ccc(Cl)cc2)[C@H]1OC(=O)c1ccc(Cl)cc1. The van der Waals surface area contributed by atoms with Gasteiger partial charge in [0.25, 0.3) is 0 Å². The van der Waals surface area contributed by atoms with Crippen molar-refractivity contribution in [1.29, 1.82) is 0 Å². The third kappa shape index (κ3) is 4.88. The number of cyclic esters (lactones) is 1. The molecule has 154 valence electrons. The number of benzene rings is 2. The van der Waals surface area contributed by atoms with Crippen LogP contribution in [0.25, 0.3) is 0 Å². The Balaban J connectivity index is 1.69. The molecular weight excluding hydrogens is 423 g/mol. The molecule has 2 aromatic carbocycles. The van der Waals surface area contributed by atoms with Crippen LogP contribution >= 0.6 is 23.2 Å². The fraction of sp³-hybridized carbons (Fsp3) is 0.300. The average molecular weight is 441 g/mol. The highest BCUT2D eigenvalue weighted by atomic mass is 35.5. The molecule has 0 spiro atoms. The maximum atomic E-state index is 12.4. The van der Waals surface area contributed by atoms with Gasteiger partial charge in [0.15, 0.2) is 24.1 Å². The van der Waals surface area contributed by atoms with Gasteiger partial charge in [-0.05, 0) is 43.3 Å². The molecule has 1 heterocycles. The Bertz CT molecular complexity index is 881. The molecule has 1 aliphatic rings. The summed E-state index contributed by atoms with van der Waals surface area (Å²) in [7, 11) is 0. The van der Waals surface area contributed by atoms with Gasteiger partial charge in [0.2, 0.25) is 0 Å². The molecule has 2 N–H and O–H groups in total. The molecule has 1 saturated heterocycles. The van der Waals surface area contributed by atoms with Crippen molar-refractivity contribution in [3.8, 4) is 0 Å². The normalized spacial score (nSPS) is 24.8. The molecule has 0 aliphatic carbocycles. The lowest BCUT2D eigenvalue weighted by atomic mass is 9.98. The molecule has 0 radical (unpaired) electrons. The number of carbonyl (C=O) groups excluding carboxylic acids is 2. The Morgan fingerprint density at radius 3 is 2.28 bits per heavy atom. The predicted molar refractivity (Wildman–Crippen MR) is 104 cm³/mol. The number of ether oxygens (including phenoxy) is 3. The van der Waals surface area contributed by atoms with Gasteiger partial charge in [-0.1, -0.05) is 35.3 Å². The summed E-state index contributed by atoms with van der Waals surface area (Å²) in [5, 5.41) is 21.5. The van der Waals surface area contributed by atoms with Crippen LogP contribution in [0.2, 0.25) is 10.0 Å². The van der Waals surface area contributed by atoms with E-state index >= 15 is 0 Å². The minimum absolute atomic E-state index is 0.186. The van der Waals surface area contributed by atoms with E-state index in [1.54, 1.807) is 24.3 Å². The maximum absolute atomic E-state index is 12.4. The van der Waals surface area contributed by atoms with Crippen LogP contribution in [0.1, 0.15) is 29.1 Å². The van der Waals surface area contributed by atoms with Crippen LogP contribution in [-0.2, 0) is 19.0 Å². The number of esters is 2. The van der Waals surface area contributed by atoms with Crippen molar-refractivity contribution in [2.75, 3.05) is 6.61 Å². The topological polar surface area (TPSA) is 102 Å². The largest absolute Gasteiger partial charge is 0.454 e. The summed E-state index contributed by atoms with van der Waals surface area (Å²) in [5.74, 6) is -1.73. The van der Waals surface area contributed by atoms with Crippen molar-refractivity contribution in [3.05, 3.63) is 69.7 Å². The first-order valence-electron chi connectivity index (χ1n) is 8.63. The molecule has 9 heteroatoms. The first-order chi connectivity index (χ1) is 13.7. The first kappa shape index (κ1) is 21.5. The second-order valence-corrected chi connectivity index (χ2v) is 7.53. The zero-order chi connectivity index (χ0) is 21.2. The molecule has 0 saturated carbocycles. The molecule has 3 rings (SSSR count). The second-order valence-electron chi connectivity index (χ2n) is 6.66. The Labute approximate surface area is 176 Å². The maximum Gasteiger partial charge on any atom is 0.342 e. The Hall–Kier alpha value is -2.16. The van der Waals surface area contributed by atoms with Crippen molar-refractivity contribution in [2.24, 2.45) is 0 Å². The Kier molecular flexibility index (Phi) is 6.45. The summed E-state index contributed by atoms with van der Waals surface area (Å²) in [5.41, 5.74) is -1.45. The fourth-order valence-corrected chi connectivity index (χ4v) is 3.04. The molecular formula is C20H18Cl2O7. The summed E-state index contributed by atoms with van der Waals surface area (Å²) in [4.78, 5) is 24.4. The van der Waals surface area contributed by atoms with Gasteiger partial charge in [-0.3, -0.25) is 0 Å². The van der Waals surface area contributed by atoms with Gasteiger partial charge in [-0.25, -0.2) is 9.59 Å². The van der Waals surface area contributed by atoms with Crippen molar-refractivity contribution >= 4 is 35.1 Å². The van der Waals surface area contributed by atoms with Gasteiger partial charge in [-0.2, -0.15) is 0 Å². The number of aliphatic hydroxyl groups is 2. The third-order valence-corrected chi connectivity index (χ3v) is 4.95. The van der Waals surface area contributed by atoms with Gasteiger partial charge in [0.1, 0.15) is 0 Å². The number of aliphatic hydroxyl groups excluding tert-OH is 1. The van der Waals surface area contributed by atoms with E-state index < -0.39 is 36.0 Å². The zero-order valence-corrected chi connectivity index (χ0v) is 16.8. The van der Waals surface area contributed by atoms with Gasteiger partial charge >= 0.3 is 11.9 Å². The molecule has 1 aliphatic heterocycles. The molecule has 7 nitrogen and oxygen atoms in total. The highest BCUT2D eigenvalue weighted by molar-refractivity contribution is 6.30. The smallest absolute Gasteiger partial charge is 0.342 e. The summed E-state index contributed by atoms with van der Waals surface area (Å²) in [6, 6.07) is 12.2. The summed E-state index contributed by atoms with van der Waals surface area (Å²) < 4.78 is 15.8. The summed E-state index contributed by atoms with van der Waals surface area (Å²) in [6.07, 6.45) is -3.78. The molecule has 2 aromatic rings. The predicted octanol–water partition coefficient (Wildman–Crippen LogP) is 2.90. The second kappa shape index (κ2) is 8.69. The number of hydrogen-bond donors (Lipinski definition) is 2. The molecule has 0 amide bonds. The minimum Gasteiger partial charge on any atom is -0.454 e. The lowest BCUT2D eigenvalue weighted by molar-refractivity contribution is -0.160. The van der Waals surface area contributed by atoms with Gasteiger partial charge in [0, 0.05) is 15.6 Å². The quantitative estimate of drug-likeness (QED) is 0.525. The molecule has 4 atom stereocenters. The highest BCUT2D eigenvalue weighted by Gasteiger charge is 2.56. The monoisotopic (exact) mass is 440 g/mol. The van der Waals surface area contributed by atoms with Crippen LogP contribution < -0.4 is 0 Å². The number of halogens is 2. The first-order valence-corrected chi connectivity index (χ1v) is 9.39. The van der Waals surface area contributed by atoms with Gasteiger partial charge in [0.05, 0.1) is 12.2 Å². The third-order valence-electron chi connectivity index (χ3n) is 4.45. The van der Waals surface area contributed by atoms with Crippen LogP contribution in [0.3, 0.4) is 0 Å². The standard InChI is InChI=1S/C20H18Cl2O7/c1-20(26)16(29-18(24)12-4-8-14(22)9-5-12)15(28-19(20)25)10-27-17(23)11-2-6-13(21)7-3-11/h2-9,15-17,23,26H,10H2,1H3/t15-,16-,17?,20+/m1/s1. The number of rotatable bonds is 6. The summed E-state index contributed by atoms with van der Waals surface area (Å²) >= 11 is 11.6. The van der Waals surface area contributed by atoms with Crippen LogP contribution in [0.15, 0.2) is 48.5 Å². The zero-order valence-electron chi connectivity index (χ0n) is 15.2. The van der Waals surface area contributed by atoms with Crippen LogP contribution in [0.5, 0.6) is 0 Å². The molecule has 1 fully saturated rings. The van der Waals surface area contributed by atoms with E-state index in [0.717, 1.165) is 0 Å². The lowest BCUT2D eigenvalue weighted by Crippen LogP contribution is -2.47. The number of hydrogen-bond acceptors (Lipinski definition) is 7. The highest BCUT2D eigenvalue weighted by Crippen LogP contribution is 2.31. The van der Waals surface area contributed by atoms with Crippen molar-refractivity contribution in [2.45, 2.75) is 31.0 Å². The molecule has 0 aromatic heterocycles. The van der Waals surface area contributed by atoms with E-state index in [4.69, 9.17) is 37.4 Å². The van der Waals surface area contributed by atoms with Crippen molar-refractivity contribution < 1.29 is 34.0 Å². The average Bonchev–Trinajstić information content (AvgIpc) is 2.90. The van der Waals surface area contributed by atoms with Crippen molar-refractivity contribution in [3.63, 3.8) is 0 Å². The fourth-order valence-electron chi connectivity index (χ4n) is 2.79. The molecule has 0 bridgehead atoms. The minimum atomic E-state index is -2.07. The number of carbonyl (C=O) groups is 2. The van der Waals surface area contributed by atoms with E-state index in [2.05, 4.69) is 0 Å². The molecule has 1 unspecified atom stereocenters.